The van der Waals surface area contributed by atoms with Crippen LogP contribution in [-0.2, 0) is 12.1 Å². The number of nitrogens with one attached hydrogen (secondary N) is 1. The zero-order valence-electron chi connectivity index (χ0n) is 14.3. The molecule has 1 unspecified atom stereocenters. The van der Waals surface area contributed by atoms with Crippen molar-refractivity contribution in [2.45, 2.75) is 37.9 Å². The number of aromatic nitrogens is 4. The van der Waals surface area contributed by atoms with Gasteiger partial charge < -0.3 is 4.98 Å². The van der Waals surface area contributed by atoms with Gasteiger partial charge in [0.25, 0.3) is 5.56 Å². The molecule has 0 saturated heterocycles. The maximum Gasteiger partial charge on any atom is 0.416 e. The summed E-state index contributed by atoms with van der Waals surface area (Å²) in [6, 6.07) is 4.80. The van der Waals surface area contributed by atoms with Crippen molar-refractivity contribution < 1.29 is 13.2 Å². The second-order valence-corrected chi connectivity index (χ2v) is 7.04. The van der Waals surface area contributed by atoms with Crippen LogP contribution in [0.5, 0.6) is 0 Å². The summed E-state index contributed by atoms with van der Waals surface area (Å²) in [6.07, 6.45) is -2.51. The predicted octanol–water partition coefficient (Wildman–Crippen LogP) is 4.19. The van der Waals surface area contributed by atoms with E-state index in [4.69, 9.17) is 11.6 Å². The summed E-state index contributed by atoms with van der Waals surface area (Å²) >= 11 is 5.97. The maximum atomic E-state index is 12.9. The van der Waals surface area contributed by atoms with Gasteiger partial charge in [0.15, 0.2) is 5.65 Å². The summed E-state index contributed by atoms with van der Waals surface area (Å²) in [6.45, 7) is 1.67. The Morgan fingerprint density at radius 3 is 2.52 bits per heavy atom. The monoisotopic (exact) mass is 396 g/mol. The minimum Gasteiger partial charge on any atom is -0.310 e. The van der Waals surface area contributed by atoms with Crippen LogP contribution in [0, 0.1) is 12.8 Å². The molecule has 3 aromatic rings. The van der Waals surface area contributed by atoms with Crippen molar-refractivity contribution in [3.8, 4) is 0 Å². The number of halogens is 4. The molecule has 0 aliphatic heterocycles. The molecule has 2 aromatic heterocycles. The van der Waals surface area contributed by atoms with Crippen molar-refractivity contribution in [3.05, 3.63) is 57.3 Å². The number of hydrogen-bond donors (Lipinski definition) is 1. The van der Waals surface area contributed by atoms with E-state index in [0.29, 0.717) is 28.1 Å². The minimum atomic E-state index is -4.39. The first-order valence-corrected chi connectivity index (χ1v) is 9.04. The lowest BCUT2D eigenvalue weighted by atomic mass is 10.0. The molecule has 1 atom stereocenters. The number of hydrogen-bond acceptors (Lipinski definition) is 3. The molecule has 4 rings (SSSR count). The normalized spacial score (nSPS) is 16.0. The van der Waals surface area contributed by atoms with Gasteiger partial charge in [0.1, 0.15) is 11.2 Å². The zero-order chi connectivity index (χ0) is 19.3. The number of nitrogens with zero attached hydrogens (tertiary/aromatic N) is 3. The Kier molecular flexibility index (Phi) is 4.25. The highest BCUT2D eigenvalue weighted by Crippen LogP contribution is 2.44. The van der Waals surface area contributed by atoms with Gasteiger partial charge in [0, 0.05) is 0 Å². The van der Waals surface area contributed by atoms with Gasteiger partial charge in [-0.1, -0.05) is 12.1 Å². The molecule has 0 amide bonds. The van der Waals surface area contributed by atoms with Gasteiger partial charge in [-0.2, -0.15) is 18.3 Å². The molecular weight excluding hydrogens is 381 g/mol. The van der Waals surface area contributed by atoms with Gasteiger partial charge in [0.2, 0.25) is 0 Å². The summed E-state index contributed by atoms with van der Waals surface area (Å²) in [5.74, 6) is 0.716. The van der Waals surface area contributed by atoms with Gasteiger partial charge in [-0.15, -0.1) is 11.6 Å². The van der Waals surface area contributed by atoms with Crippen LogP contribution in [0.15, 0.2) is 29.1 Å². The van der Waals surface area contributed by atoms with E-state index < -0.39 is 11.7 Å². The van der Waals surface area contributed by atoms with E-state index in [0.717, 1.165) is 25.0 Å². The highest BCUT2D eigenvalue weighted by molar-refractivity contribution is 6.17. The zero-order valence-corrected chi connectivity index (χ0v) is 15.1. The second kappa shape index (κ2) is 6.37. The number of H-pyrrole nitrogens is 1. The van der Waals surface area contributed by atoms with E-state index in [2.05, 4.69) is 15.1 Å². The van der Waals surface area contributed by atoms with Crippen LogP contribution < -0.4 is 5.56 Å². The molecule has 1 aromatic carbocycles. The molecule has 1 saturated carbocycles. The fourth-order valence-electron chi connectivity index (χ4n) is 3.41. The lowest BCUT2D eigenvalue weighted by Gasteiger charge is -2.19. The van der Waals surface area contributed by atoms with Crippen LogP contribution in [0.25, 0.3) is 11.0 Å². The highest BCUT2D eigenvalue weighted by atomic mass is 35.5. The first kappa shape index (κ1) is 18.0. The molecule has 0 spiro atoms. The van der Waals surface area contributed by atoms with Gasteiger partial charge >= 0.3 is 6.18 Å². The Balaban J connectivity index is 1.88. The Morgan fingerprint density at radius 1 is 1.30 bits per heavy atom. The third-order valence-electron chi connectivity index (χ3n) is 4.79. The van der Waals surface area contributed by atoms with Crippen LogP contribution >= 0.6 is 11.6 Å². The van der Waals surface area contributed by atoms with E-state index in [1.54, 1.807) is 11.6 Å². The molecule has 1 fully saturated rings. The lowest BCUT2D eigenvalue weighted by Crippen LogP contribution is -2.17. The number of aromatic amines is 1. The summed E-state index contributed by atoms with van der Waals surface area (Å²) < 4.78 is 40.3. The van der Waals surface area contributed by atoms with Crippen molar-refractivity contribution in [1.82, 2.24) is 19.7 Å². The van der Waals surface area contributed by atoms with Crippen LogP contribution in [0.2, 0.25) is 0 Å². The molecule has 1 aliphatic carbocycles. The number of alkyl halides is 4. The van der Waals surface area contributed by atoms with Crippen molar-refractivity contribution in [3.63, 3.8) is 0 Å². The molecule has 1 N–H and O–H groups in total. The molecular formula is C18H16ClF3N4O. The predicted molar refractivity (Wildman–Crippen MR) is 94.7 cm³/mol. The van der Waals surface area contributed by atoms with Crippen LogP contribution in [0.1, 0.15) is 41.5 Å². The fraction of sp³-hybridized carbons (Fsp3) is 0.389. The Hall–Kier alpha value is -2.35. The van der Waals surface area contributed by atoms with Gasteiger partial charge in [-0.05, 0) is 43.4 Å². The van der Waals surface area contributed by atoms with Gasteiger partial charge in [-0.25, -0.2) is 9.67 Å². The number of fused-ring (bicyclic) bond motifs is 1. The number of benzene rings is 1. The van der Waals surface area contributed by atoms with E-state index in [1.807, 2.05) is 0 Å². The quantitative estimate of drug-likeness (QED) is 0.673. The average molecular weight is 397 g/mol. The van der Waals surface area contributed by atoms with Crippen LogP contribution in [0.3, 0.4) is 0 Å². The Bertz CT molecular complexity index is 1050. The first-order valence-electron chi connectivity index (χ1n) is 8.50. The third-order valence-corrected chi connectivity index (χ3v) is 5.04. The van der Waals surface area contributed by atoms with Crippen molar-refractivity contribution in [1.29, 1.82) is 0 Å². The summed E-state index contributed by atoms with van der Waals surface area (Å²) in [4.78, 5) is 19.4. The SMILES string of the molecule is Cc1nc2c(c(CCl)nn2C(c2ccc(C(F)(F)F)cc2)C2CC2)c(=O)[nH]1. The van der Waals surface area contributed by atoms with Crippen LogP contribution in [0.4, 0.5) is 13.2 Å². The Labute approximate surface area is 157 Å². The van der Waals surface area contributed by atoms with Crippen LogP contribution in [-0.4, -0.2) is 19.7 Å². The summed E-state index contributed by atoms with van der Waals surface area (Å²) in [5.41, 5.74) is 0.511. The van der Waals surface area contributed by atoms with E-state index >= 15 is 0 Å². The van der Waals surface area contributed by atoms with E-state index in [9.17, 15) is 18.0 Å². The minimum absolute atomic E-state index is 0.0434. The standard InChI is InChI=1S/C18H16ClF3N4O/c1-9-23-16-14(17(27)24-9)13(8-19)25-26(16)15(10-2-3-10)11-4-6-12(7-5-11)18(20,21)22/h4-7,10,15H,2-3,8H2,1H3,(H,23,24,27). The third kappa shape index (κ3) is 3.22. The molecule has 9 heteroatoms. The molecule has 142 valence electrons. The van der Waals surface area contributed by atoms with Crippen molar-refractivity contribution in [2.24, 2.45) is 5.92 Å². The van der Waals surface area contributed by atoms with E-state index in [-0.39, 0.29) is 23.4 Å². The molecule has 0 bridgehead atoms. The number of aryl methyl sites for hydroxylation is 1. The summed E-state index contributed by atoms with van der Waals surface area (Å²) in [5, 5.41) is 4.83. The molecule has 5 nitrogen and oxygen atoms in total. The highest BCUT2D eigenvalue weighted by Gasteiger charge is 2.37. The van der Waals surface area contributed by atoms with E-state index in [1.165, 1.54) is 12.1 Å². The first-order chi connectivity index (χ1) is 12.8. The Morgan fingerprint density at radius 2 is 1.96 bits per heavy atom. The molecule has 1 aliphatic rings. The average Bonchev–Trinajstić information content (AvgIpc) is 3.36. The second-order valence-electron chi connectivity index (χ2n) is 6.78. The van der Waals surface area contributed by atoms with Crippen molar-refractivity contribution in [2.75, 3.05) is 0 Å². The topological polar surface area (TPSA) is 63.6 Å². The maximum absolute atomic E-state index is 12.9. The largest absolute Gasteiger partial charge is 0.416 e. The van der Waals surface area contributed by atoms with Gasteiger partial charge in [-0.3, -0.25) is 4.79 Å². The van der Waals surface area contributed by atoms with Crippen molar-refractivity contribution >= 4 is 22.6 Å². The molecule has 2 heterocycles. The smallest absolute Gasteiger partial charge is 0.310 e. The molecule has 0 radical (unpaired) electrons. The number of rotatable bonds is 4. The van der Waals surface area contributed by atoms with Gasteiger partial charge in [0.05, 0.1) is 23.2 Å². The summed E-state index contributed by atoms with van der Waals surface area (Å²) in [7, 11) is 0. The lowest BCUT2D eigenvalue weighted by molar-refractivity contribution is -0.137. The fourth-order valence-corrected chi connectivity index (χ4v) is 3.59. The molecule has 27 heavy (non-hydrogen) atoms.